The van der Waals surface area contributed by atoms with E-state index in [9.17, 15) is 24.3 Å². The van der Waals surface area contributed by atoms with Crippen LogP contribution < -0.4 is 21.7 Å². The second kappa shape index (κ2) is 14.2. The van der Waals surface area contributed by atoms with Crippen LogP contribution in [-0.4, -0.2) is 70.5 Å². The van der Waals surface area contributed by atoms with Gasteiger partial charge in [0.15, 0.2) is 0 Å². The van der Waals surface area contributed by atoms with Gasteiger partial charge in [-0.15, -0.1) is 0 Å². The zero-order valence-electron chi connectivity index (χ0n) is 21.1. The van der Waals surface area contributed by atoms with E-state index in [4.69, 9.17) is 5.73 Å². The number of amides is 3. The van der Waals surface area contributed by atoms with Crippen LogP contribution in [0.4, 0.5) is 0 Å². The number of carbonyl (C=O) groups is 4. The summed E-state index contributed by atoms with van der Waals surface area (Å²) in [6.45, 7) is -0.365. The van der Waals surface area contributed by atoms with Gasteiger partial charge in [0.1, 0.15) is 12.1 Å². The van der Waals surface area contributed by atoms with Gasteiger partial charge in [0, 0.05) is 29.9 Å². The summed E-state index contributed by atoms with van der Waals surface area (Å²) in [6.07, 6.45) is 4.33. The standard InChI is InChI=1S/C27H33N5O5S/c1-38-12-11-20(28)25(34)30-16-24(33)31-22(14-18-15-29-21-10-6-5-9-19(18)21)26(35)32-23(27(36)37)13-17-7-3-2-4-8-17/h2-10,15,20,22-23,29H,11-14,16,28H2,1H3,(H,30,34)(H,31,33)(H,32,35)(H,36,37). The van der Waals surface area contributed by atoms with E-state index in [1.807, 2.05) is 36.6 Å². The first-order valence-electron chi connectivity index (χ1n) is 12.2. The van der Waals surface area contributed by atoms with E-state index < -0.39 is 41.8 Å². The molecule has 0 saturated heterocycles. The average Bonchev–Trinajstić information content (AvgIpc) is 3.32. The summed E-state index contributed by atoms with van der Waals surface area (Å²) < 4.78 is 0. The van der Waals surface area contributed by atoms with Crippen LogP contribution in [-0.2, 0) is 32.0 Å². The molecule has 7 N–H and O–H groups in total. The minimum absolute atomic E-state index is 0.0830. The maximum atomic E-state index is 13.3. The van der Waals surface area contributed by atoms with Crippen molar-refractivity contribution in [3.8, 4) is 0 Å². The Hall–Kier alpha value is -3.83. The van der Waals surface area contributed by atoms with Crippen molar-refractivity contribution >= 4 is 46.4 Å². The zero-order chi connectivity index (χ0) is 27.5. The summed E-state index contributed by atoms with van der Waals surface area (Å²) >= 11 is 1.56. The predicted molar refractivity (Wildman–Crippen MR) is 148 cm³/mol. The minimum Gasteiger partial charge on any atom is -0.480 e. The van der Waals surface area contributed by atoms with Crippen LogP contribution in [0.15, 0.2) is 60.8 Å². The molecule has 2 aromatic carbocycles. The Labute approximate surface area is 225 Å². The number of nitrogens with two attached hydrogens (primary N) is 1. The Balaban J connectivity index is 1.72. The van der Waals surface area contributed by atoms with E-state index in [0.29, 0.717) is 12.2 Å². The molecule has 3 unspecified atom stereocenters. The summed E-state index contributed by atoms with van der Waals surface area (Å²) in [7, 11) is 0. The molecule has 3 amide bonds. The maximum Gasteiger partial charge on any atom is 0.326 e. The van der Waals surface area contributed by atoms with Gasteiger partial charge in [-0.25, -0.2) is 4.79 Å². The molecule has 3 aromatic rings. The van der Waals surface area contributed by atoms with Crippen molar-refractivity contribution in [1.29, 1.82) is 0 Å². The van der Waals surface area contributed by atoms with Crippen molar-refractivity contribution in [1.82, 2.24) is 20.9 Å². The lowest BCUT2D eigenvalue weighted by molar-refractivity contribution is -0.142. The number of carboxylic acids is 1. The number of carboxylic acid groups (broad SMARTS) is 1. The number of rotatable bonds is 14. The van der Waals surface area contributed by atoms with Crippen LogP contribution >= 0.6 is 11.8 Å². The smallest absolute Gasteiger partial charge is 0.326 e. The molecule has 10 nitrogen and oxygen atoms in total. The largest absolute Gasteiger partial charge is 0.480 e. The van der Waals surface area contributed by atoms with E-state index in [1.54, 1.807) is 42.2 Å². The van der Waals surface area contributed by atoms with Crippen molar-refractivity contribution in [3.63, 3.8) is 0 Å². The van der Waals surface area contributed by atoms with E-state index in [-0.39, 0.29) is 19.4 Å². The number of aliphatic carboxylic acids is 1. The Morgan fingerprint density at radius 1 is 0.947 bits per heavy atom. The molecule has 0 saturated carbocycles. The van der Waals surface area contributed by atoms with E-state index in [0.717, 1.165) is 22.0 Å². The molecule has 202 valence electrons. The molecule has 11 heteroatoms. The number of fused-ring (bicyclic) bond motifs is 1. The molecule has 1 heterocycles. The molecule has 1 aromatic heterocycles. The summed E-state index contributed by atoms with van der Waals surface area (Å²) in [6, 6.07) is 13.5. The summed E-state index contributed by atoms with van der Waals surface area (Å²) in [5, 5.41) is 18.3. The number of H-pyrrole nitrogens is 1. The van der Waals surface area contributed by atoms with Gasteiger partial charge in [0.05, 0.1) is 12.6 Å². The number of benzene rings is 2. The molecular weight excluding hydrogens is 506 g/mol. The number of nitrogens with one attached hydrogen (secondary N) is 4. The third-order valence-electron chi connectivity index (χ3n) is 6.04. The Morgan fingerprint density at radius 3 is 2.37 bits per heavy atom. The number of aromatic nitrogens is 1. The minimum atomic E-state index is -1.19. The van der Waals surface area contributed by atoms with Gasteiger partial charge in [-0.1, -0.05) is 48.5 Å². The molecule has 0 aliphatic carbocycles. The van der Waals surface area contributed by atoms with Gasteiger partial charge in [-0.05, 0) is 35.6 Å². The Kier molecular flexibility index (Phi) is 10.7. The fourth-order valence-corrected chi connectivity index (χ4v) is 4.46. The molecule has 0 bridgehead atoms. The number of para-hydroxylation sites is 1. The lowest BCUT2D eigenvalue weighted by Crippen LogP contribution is -2.54. The van der Waals surface area contributed by atoms with Crippen molar-refractivity contribution < 1.29 is 24.3 Å². The second-order valence-electron chi connectivity index (χ2n) is 8.88. The third-order valence-corrected chi connectivity index (χ3v) is 6.68. The number of hydrogen-bond donors (Lipinski definition) is 6. The molecule has 3 rings (SSSR count). The lowest BCUT2D eigenvalue weighted by Gasteiger charge is -2.22. The number of hydrogen-bond acceptors (Lipinski definition) is 6. The highest BCUT2D eigenvalue weighted by Gasteiger charge is 2.28. The SMILES string of the molecule is CSCCC(N)C(=O)NCC(=O)NC(Cc1c[nH]c2ccccc12)C(=O)NC(Cc1ccccc1)C(=O)O. The fraction of sp³-hybridized carbons (Fsp3) is 0.333. The summed E-state index contributed by atoms with van der Waals surface area (Å²) in [5.41, 5.74) is 8.24. The quantitative estimate of drug-likeness (QED) is 0.179. The first kappa shape index (κ1) is 28.7. The number of aromatic amines is 1. The molecule has 3 atom stereocenters. The predicted octanol–water partition coefficient (Wildman–Crippen LogP) is 1.20. The van der Waals surface area contributed by atoms with Gasteiger partial charge in [-0.2, -0.15) is 11.8 Å². The van der Waals surface area contributed by atoms with Crippen LogP contribution in [0.1, 0.15) is 17.5 Å². The van der Waals surface area contributed by atoms with Crippen LogP contribution in [0.5, 0.6) is 0 Å². The van der Waals surface area contributed by atoms with Crippen molar-refractivity contribution in [3.05, 3.63) is 71.9 Å². The maximum absolute atomic E-state index is 13.3. The molecule has 0 fully saturated rings. The van der Waals surface area contributed by atoms with Crippen molar-refractivity contribution in [2.24, 2.45) is 5.73 Å². The van der Waals surface area contributed by atoms with Crippen LogP contribution in [0.2, 0.25) is 0 Å². The van der Waals surface area contributed by atoms with Crippen LogP contribution in [0.3, 0.4) is 0 Å². The normalized spacial score (nSPS) is 13.3. The van der Waals surface area contributed by atoms with Gasteiger partial charge in [0.25, 0.3) is 0 Å². The Morgan fingerprint density at radius 2 is 1.66 bits per heavy atom. The number of carbonyl (C=O) groups excluding carboxylic acids is 3. The summed E-state index contributed by atoms with van der Waals surface area (Å²) in [5.74, 6) is -2.17. The molecule has 0 aliphatic heterocycles. The Bertz CT molecular complexity index is 1250. The van der Waals surface area contributed by atoms with Crippen LogP contribution in [0, 0.1) is 0 Å². The van der Waals surface area contributed by atoms with E-state index in [1.165, 1.54) is 0 Å². The van der Waals surface area contributed by atoms with E-state index in [2.05, 4.69) is 20.9 Å². The first-order chi connectivity index (χ1) is 18.3. The molecule has 0 radical (unpaired) electrons. The van der Waals surface area contributed by atoms with Gasteiger partial charge in [0.2, 0.25) is 17.7 Å². The van der Waals surface area contributed by atoms with Crippen molar-refractivity contribution in [2.45, 2.75) is 37.4 Å². The highest BCUT2D eigenvalue weighted by atomic mass is 32.2. The highest BCUT2D eigenvalue weighted by molar-refractivity contribution is 7.98. The topological polar surface area (TPSA) is 166 Å². The lowest BCUT2D eigenvalue weighted by atomic mass is 10.0. The van der Waals surface area contributed by atoms with Crippen molar-refractivity contribution in [2.75, 3.05) is 18.6 Å². The molecule has 0 aliphatic rings. The fourth-order valence-electron chi connectivity index (χ4n) is 3.97. The zero-order valence-corrected chi connectivity index (χ0v) is 21.9. The highest BCUT2D eigenvalue weighted by Crippen LogP contribution is 2.19. The van der Waals surface area contributed by atoms with Gasteiger partial charge >= 0.3 is 5.97 Å². The van der Waals surface area contributed by atoms with E-state index >= 15 is 0 Å². The third kappa shape index (κ3) is 8.35. The first-order valence-corrected chi connectivity index (χ1v) is 13.6. The number of thioether (sulfide) groups is 1. The second-order valence-corrected chi connectivity index (χ2v) is 9.86. The molecule has 38 heavy (non-hydrogen) atoms. The van der Waals surface area contributed by atoms with Crippen LogP contribution in [0.25, 0.3) is 10.9 Å². The van der Waals surface area contributed by atoms with Gasteiger partial charge < -0.3 is 31.8 Å². The molecular formula is C27H33N5O5S. The molecule has 0 spiro atoms. The monoisotopic (exact) mass is 539 g/mol. The van der Waals surface area contributed by atoms with Gasteiger partial charge in [-0.3, -0.25) is 14.4 Å². The summed E-state index contributed by atoms with van der Waals surface area (Å²) in [4.78, 5) is 53.3. The average molecular weight is 540 g/mol.